The van der Waals surface area contributed by atoms with Gasteiger partial charge < -0.3 is 4.57 Å². The lowest BCUT2D eigenvalue weighted by molar-refractivity contribution is 0.644. The van der Waals surface area contributed by atoms with Gasteiger partial charge in [0.05, 0.1) is 5.01 Å². The van der Waals surface area contributed by atoms with Crippen LogP contribution in [0.5, 0.6) is 0 Å². The Kier molecular flexibility index (Phi) is 2.61. The molecule has 1 N–H and O–H groups in total. The molecule has 0 amide bonds. The lowest BCUT2D eigenvalue weighted by Gasteiger charge is -2.03. The maximum Gasteiger partial charge on any atom is 0.195 e. The summed E-state index contributed by atoms with van der Waals surface area (Å²) in [5.41, 5.74) is 0. The third kappa shape index (κ3) is 1.94. The van der Waals surface area contributed by atoms with Gasteiger partial charge in [-0.1, -0.05) is 0 Å². The molecule has 0 aliphatic heterocycles. The lowest BCUT2D eigenvalue weighted by Crippen LogP contribution is -2.05. The highest BCUT2D eigenvalue weighted by atomic mass is 32.1. The predicted octanol–water partition coefficient (Wildman–Crippen LogP) is 2.52. The predicted molar refractivity (Wildman–Crippen MR) is 65.2 cm³/mol. The standard InChI is InChI=1S/C10H12N4S2/c15-10-13-12-9(7-1-2-7)14(10)5-3-8-11-4-6-16-8/h4,6-7H,1-3,5H2,(H,13,15). The molecule has 2 heterocycles. The van der Waals surface area contributed by atoms with Gasteiger partial charge in [-0.25, -0.2) is 4.98 Å². The van der Waals surface area contributed by atoms with E-state index in [0.717, 1.165) is 28.6 Å². The molecule has 0 saturated heterocycles. The fraction of sp³-hybridized carbons (Fsp3) is 0.500. The number of hydrogen-bond donors (Lipinski definition) is 1. The monoisotopic (exact) mass is 252 g/mol. The van der Waals surface area contributed by atoms with Crippen molar-refractivity contribution in [2.75, 3.05) is 0 Å². The van der Waals surface area contributed by atoms with Crippen molar-refractivity contribution in [3.8, 4) is 0 Å². The first kappa shape index (κ1) is 10.2. The zero-order valence-corrected chi connectivity index (χ0v) is 10.4. The minimum Gasteiger partial charge on any atom is -0.303 e. The van der Waals surface area contributed by atoms with Crippen molar-refractivity contribution < 1.29 is 0 Å². The molecule has 0 aromatic carbocycles. The van der Waals surface area contributed by atoms with Gasteiger partial charge in [0.15, 0.2) is 4.77 Å². The Morgan fingerprint density at radius 1 is 1.56 bits per heavy atom. The van der Waals surface area contributed by atoms with E-state index < -0.39 is 0 Å². The van der Waals surface area contributed by atoms with E-state index in [4.69, 9.17) is 12.2 Å². The van der Waals surface area contributed by atoms with Crippen LogP contribution >= 0.6 is 23.6 Å². The van der Waals surface area contributed by atoms with Gasteiger partial charge in [-0.05, 0) is 25.1 Å². The zero-order valence-electron chi connectivity index (χ0n) is 8.72. The quantitative estimate of drug-likeness (QED) is 0.851. The molecule has 84 valence electrons. The van der Waals surface area contributed by atoms with Crippen molar-refractivity contribution >= 4 is 23.6 Å². The lowest BCUT2D eigenvalue weighted by atomic mass is 10.3. The third-order valence-electron chi connectivity index (χ3n) is 2.76. The number of aromatic amines is 1. The summed E-state index contributed by atoms with van der Waals surface area (Å²) < 4.78 is 2.85. The smallest absolute Gasteiger partial charge is 0.195 e. The van der Waals surface area contributed by atoms with Crippen molar-refractivity contribution in [1.82, 2.24) is 19.7 Å². The Morgan fingerprint density at radius 3 is 3.12 bits per heavy atom. The van der Waals surface area contributed by atoms with E-state index in [1.807, 2.05) is 11.6 Å². The highest BCUT2D eigenvalue weighted by Crippen LogP contribution is 2.38. The Hall–Kier alpha value is -1.01. The summed E-state index contributed by atoms with van der Waals surface area (Å²) in [4.78, 5) is 4.28. The second-order valence-corrected chi connectivity index (χ2v) is 5.35. The fourth-order valence-electron chi connectivity index (χ4n) is 1.78. The van der Waals surface area contributed by atoms with Gasteiger partial charge in [0.2, 0.25) is 0 Å². The van der Waals surface area contributed by atoms with Gasteiger partial charge in [-0.3, -0.25) is 5.10 Å². The summed E-state index contributed by atoms with van der Waals surface area (Å²) in [6.45, 7) is 0.884. The van der Waals surface area contributed by atoms with Gasteiger partial charge in [0, 0.05) is 30.5 Å². The number of aryl methyl sites for hydroxylation is 1. The van der Waals surface area contributed by atoms with Gasteiger partial charge in [-0.15, -0.1) is 11.3 Å². The average Bonchev–Trinajstić information content (AvgIpc) is 2.87. The topological polar surface area (TPSA) is 46.5 Å². The number of nitrogens with one attached hydrogen (secondary N) is 1. The van der Waals surface area contributed by atoms with Crippen molar-refractivity contribution in [3.05, 3.63) is 27.2 Å². The maximum absolute atomic E-state index is 5.24. The number of rotatable bonds is 4. The summed E-state index contributed by atoms with van der Waals surface area (Å²) in [5.74, 6) is 1.76. The molecule has 1 saturated carbocycles. The number of hydrogen-bond acceptors (Lipinski definition) is 4. The summed E-state index contributed by atoms with van der Waals surface area (Å²) in [5, 5.41) is 10.4. The summed E-state index contributed by atoms with van der Waals surface area (Å²) in [6.07, 6.45) is 5.27. The molecular weight excluding hydrogens is 240 g/mol. The number of H-pyrrole nitrogens is 1. The van der Waals surface area contributed by atoms with Crippen LogP contribution in [0.2, 0.25) is 0 Å². The molecule has 16 heavy (non-hydrogen) atoms. The summed E-state index contributed by atoms with van der Waals surface area (Å²) >= 11 is 6.93. The van der Waals surface area contributed by atoms with E-state index >= 15 is 0 Å². The fourth-order valence-corrected chi connectivity index (χ4v) is 2.62. The molecule has 2 aromatic rings. The molecule has 1 aliphatic rings. The van der Waals surface area contributed by atoms with Gasteiger partial charge >= 0.3 is 0 Å². The van der Waals surface area contributed by atoms with E-state index in [1.54, 1.807) is 11.3 Å². The highest BCUT2D eigenvalue weighted by molar-refractivity contribution is 7.71. The van der Waals surface area contributed by atoms with Crippen LogP contribution in [-0.2, 0) is 13.0 Å². The minimum atomic E-state index is 0.629. The van der Waals surface area contributed by atoms with Crippen molar-refractivity contribution in [2.24, 2.45) is 0 Å². The van der Waals surface area contributed by atoms with Crippen LogP contribution in [0.4, 0.5) is 0 Å². The van der Waals surface area contributed by atoms with Crippen molar-refractivity contribution in [3.63, 3.8) is 0 Å². The SMILES string of the molecule is S=c1[nH]nc(C2CC2)n1CCc1nccs1. The Bertz CT molecular complexity index is 521. The number of nitrogens with zero attached hydrogens (tertiary/aromatic N) is 3. The first-order valence-corrected chi connectivity index (χ1v) is 6.67. The minimum absolute atomic E-state index is 0.629. The molecular formula is C10H12N4S2. The normalized spacial score (nSPS) is 15.5. The largest absolute Gasteiger partial charge is 0.303 e. The van der Waals surface area contributed by atoms with Crippen LogP contribution < -0.4 is 0 Å². The van der Waals surface area contributed by atoms with Crippen LogP contribution in [0.15, 0.2) is 11.6 Å². The van der Waals surface area contributed by atoms with E-state index in [0.29, 0.717) is 5.92 Å². The van der Waals surface area contributed by atoms with E-state index in [2.05, 4.69) is 19.7 Å². The van der Waals surface area contributed by atoms with Crippen LogP contribution in [-0.4, -0.2) is 19.7 Å². The van der Waals surface area contributed by atoms with Gasteiger partial charge in [-0.2, -0.15) is 5.10 Å². The Balaban J connectivity index is 1.78. The van der Waals surface area contributed by atoms with Crippen molar-refractivity contribution in [1.29, 1.82) is 0 Å². The van der Waals surface area contributed by atoms with E-state index in [1.165, 1.54) is 12.8 Å². The second kappa shape index (κ2) is 4.10. The van der Waals surface area contributed by atoms with Crippen LogP contribution in [0.1, 0.15) is 29.6 Å². The van der Waals surface area contributed by atoms with Gasteiger partial charge in [0.25, 0.3) is 0 Å². The molecule has 4 nitrogen and oxygen atoms in total. The van der Waals surface area contributed by atoms with E-state index in [-0.39, 0.29) is 0 Å². The molecule has 2 aromatic heterocycles. The average molecular weight is 252 g/mol. The van der Waals surface area contributed by atoms with Crippen molar-refractivity contribution in [2.45, 2.75) is 31.7 Å². The van der Waals surface area contributed by atoms with Crippen LogP contribution in [0.25, 0.3) is 0 Å². The van der Waals surface area contributed by atoms with Gasteiger partial charge in [0.1, 0.15) is 5.82 Å². The van der Waals surface area contributed by atoms with Crippen LogP contribution in [0.3, 0.4) is 0 Å². The molecule has 0 radical (unpaired) electrons. The summed E-state index contributed by atoms with van der Waals surface area (Å²) in [6, 6.07) is 0. The molecule has 0 atom stereocenters. The zero-order chi connectivity index (χ0) is 11.0. The Labute approximate surface area is 102 Å². The molecule has 0 spiro atoms. The first-order chi connectivity index (χ1) is 7.84. The molecule has 6 heteroatoms. The van der Waals surface area contributed by atoms with Crippen LogP contribution in [0, 0.1) is 4.77 Å². The third-order valence-corrected chi connectivity index (χ3v) is 3.91. The number of aromatic nitrogens is 4. The molecule has 3 rings (SSSR count). The highest BCUT2D eigenvalue weighted by Gasteiger charge is 2.28. The number of thiazole rings is 1. The molecule has 0 unspecified atom stereocenters. The molecule has 1 fully saturated rings. The molecule has 1 aliphatic carbocycles. The second-order valence-electron chi connectivity index (χ2n) is 3.99. The summed E-state index contributed by atoms with van der Waals surface area (Å²) in [7, 11) is 0. The molecule has 0 bridgehead atoms. The van der Waals surface area contributed by atoms with E-state index in [9.17, 15) is 0 Å². The first-order valence-electron chi connectivity index (χ1n) is 5.38. The maximum atomic E-state index is 5.24. The Morgan fingerprint density at radius 2 is 2.44 bits per heavy atom.